The van der Waals surface area contributed by atoms with Gasteiger partial charge in [-0.2, -0.15) is 0 Å². The molecule has 0 bridgehead atoms. The molecule has 0 fully saturated rings. The Labute approximate surface area is 170 Å². The number of aliphatic imine (C=N–C) groups is 1. The predicted molar refractivity (Wildman–Crippen MR) is 113 cm³/mol. The third-order valence-corrected chi connectivity index (χ3v) is 5.05. The summed E-state index contributed by atoms with van der Waals surface area (Å²) in [6.07, 6.45) is 1.13. The predicted octanol–water partition coefficient (Wildman–Crippen LogP) is 2.44. The van der Waals surface area contributed by atoms with Gasteiger partial charge in [-0.15, -0.1) is 0 Å². The number of benzene rings is 2. The second-order valence-electron chi connectivity index (χ2n) is 6.94. The van der Waals surface area contributed by atoms with E-state index in [2.05, 4.69) is 15.6 Å². The Kier molecular flexibility index (Phi) is 7.55. The van der Waals surface area contributed by atoms with Gasteiger partial charge in [0.05, 0.1) is 11.4 Å². The number of hydrogen-bond acceptors (Lipinski definition) is 4. The third kappa shape index (κ3) is 7.01. The van der Waals surface area contributed by atoms with Gasteiger partial charge in [0, 0.05) is 40.5 Å². The van der Waals surface area contributed by atoms with E-state index in [0.29, 0.717) is 29.3 Å². The highest BCUT2D eigenvalue weighted by atomic mass is 32.2. The molecule has 0 saturated heterocycles. The Morgan fingerprint density at radius 3 is 2.31 bits per heavy atom. The Morgan fingerprint density at radius 2 is 1.72 bits per heavy atom. The van der Waals surface area contributed by atoms with E-state index in [1.807, 2.05) is 6.07 Å². The molecule has 0 heterocycles. The van der Waals surface area contributed by atoms with Gasteiger partial charge < -0.3 is 15.5 Å². The number of nitrogens with one attached hydrogen (secondary N) is 2. The van der Waals surface area contributed by atoms with Crippen LogP contribution in [0.25, 0.3) is 0 Å². The van der Waals surface area contributed by atoms with Gasteiger partial charge in [0.1, 0.15) is 11.6 Å². The minimum Gasteiger partial charge on any atom is -0.375 e. The Balaban J connectivity index is 2.03. The molecule has 0 amide bonds. The number of sulfone groups is 1. The molecule has 2 aromatic carbocycles. The van der Waals surface area contributed by atoms with E-state index in [1.165, 1.54) is 24.3 Å². The maximum Gasteiger partial charge on any atom is 0.191 e. The number of halogens is 2. The highest BCUT2D eigenvalue weighted by Crippen LogP contribution is 2.18. The largest absolute Gasteiger partial charge is 0.375 e. The monoisotopic (exact) mass is 424 g/mol. The lowest BCUT2D eigenvalue weighted by atomic mass is 10.1. The van der Waals surface area contributed by atoms with Crippen molar-refractivity contribution in [2.45, 2.75) is 18.8 Å². The fourth-order valence-corrected chi connectivity index (χ4v) is 3.64. The van der Waals surface area contributed by atoms with Crippen LogP contribution in [0.5, 0.6) is 0 Å². The molecule has 0 aliphatic rings. The number of guanidine groups is 1. The summed E-state index contributed by atoms with van der Waals surface area (Å²) in [6, 6.07) is 8.98. The molecule has 0 aliphatic carbocycles. The van der Waals surface area contributed by atoms with Gasteiger partial charge in [-0.1, -0.05) is 12.1 Å². The van der Waals surface area contributed by atoms with E-state index >= 15 is 0 Å². The summed E-state index contributed by atoms with van der Waals surface area (Å²) in [5, 5.41) is 6.09. The van der Waals surface area contributed by atoms with Crippen molar-refractivity contribution in [3.8, 4) is 0 Å². The second-order valence-corrected chi connectivity index (χ2v) is 9.08. The highest BCUT2D eigenvalue weighted by Gasteiger charge is 2.11. The van der Waals surface area contributed by atoms with Crippen molar-refractivity contribution in [2.24, 2.45) is 4.99 Å². The molecule has 0 unspecified atom stereocenters. The fraction of sp³-hybridized carbons (Fsp3) is 0.350. The van der Waals surface area contributed by atoms with Gasteiger partial charge >= 0.3 is 0 Å². The van der Waals surface area contributed by atoms with Gasteiger partial charge in [0.15, 0.2) is 15.8 Å². The van der Waals surface area contributed by atoms with Crippen LogP contribution in [0.15, 0.2) is 41.4 Å². The maximum atomic E-state index is 14.1. The highest BCUT2D eigenvalue weighted by molar-refractivity contribution is 7.89. The maximum absolute atomic E-state index is 14.1. The van der Waals surface area contributed by atoms with E-state index in [0.717, 1.165) is 11.8 Å². The lowest BCUT2D eigenvalue weighted by Crippen LogP contribution is -2.36. The Morgan fingerprint density at radius 1 is 1.03 bits per heavy atom. The average molecular weight is 425 g/mol. The Hall–Kier alpha value is -2.68. The molecule has 2 aromatic rings. The smallest absolute Gasteiger partial charge is 0.191 e. The zero-order valence-electron chi connectivity index (χ0n) is 17.0. The minimum atomic E-state index is -3.25. The minimum absolute atomic E-state index is 0.173. The van der Waals surface area contributed by atoms with Gasteiger partial charge in [-0.25, -0.2) is 17.2 Å². The van der Waals surface area contributed by atoms with Crippen LogP contribution in [0, 0.1) is 11.6 Å². The number of nitrogens with zero attached hydrogens (tertiary/aromatic N) is 2. The molecule has 2 N–H and O–H groups in total. The molecule has 0 spiro atoms. The van der Waals surface area contributed by atoms with Crippen LogP contribution < -0.4 is 15.5 Å². The Bertz CT molecular complexity index is 992. The van der Waals surface area contributed by atoms with Crippen molar-refractivity contribution >= 4 is 21.5 Å². The number of hydrogen-bond donors (Lipinski definition) is 2. The first-order valence-electron chi connectivity index (χ1n) is 8.94. The van der Waals surface area contributed by atoms with Gasteiger partial charge in [-0.3, -0.25) is 4.99 Å². The molecule has 158 valence electrons. The standard InChI is InChI=1S/C20H26F2N4O2S/c1-23-20(24-11-14-5-8-19(26(2)3)18(22)9-14)25-12-16-10-17(21)7-6-15(16)13-29(4,27)28/h5-10H,11-13H2,1-4H3,(H2,23,24,25). The number of anilines is 1. The van der Waals surface area contributed by atoms with Crippen molar-refractivity contribution in [2.75, 3.05) is 32.3 Å². The van der Waals surface area contributed by atoms with Crippen LogP contribution in [0.2, 0.25) is 0 Å². The summed E-state index contributed by atoms with van der Waals surface area (Å²) < 4.78 is 50.9. The van der Waals surface area contributed by atoms with Crippen LogP contribution >= 0.6 is 0 Å². The summed E-state index contributed by atoms with van der Waals surface area (Å²) in [5.41, 5.74) is 2.29. The van der Waals surface area contributed by atoms with Crippen LogP contribution in [0.3, 0.4) is 0 Å². The topological polar surface area (TPSA) is 73.8 Å². The lowest BCUT2D eigenvalue weighted by Gasteiger charge is -2.16. The molecule has 0 aliphatic heterocycles. The fourth-order valence-electron chi connectivity index (χ4n) is 2.79. The quantitative estimate of drug-likeness (QED) is 0.528. The van der Waals surface area contributed by atoms with E-state index in [4.69, 9.17) is 0 Å². The molecule has 0 aromatic heterocycles. The molecule has 2 rings (SSSR count). The molecule has 0 radical (unpaired) electrons. The molecule has 9 heteroatoms. The third-order valence-electron chi connectivity index (χ3n) is 4.21. The first-order chi connectivity index (χ1) is 13.6. The summed E-state index contributed by atoms with van der Waals surface area (Å²) >= 11 is 0. The van der Waals surface area contributed by atoms with Crippen LogP contribution in [0.1, 0.15) is 16.7 Å². The van der Waals surface area contributed by atoms with Crippen molar-refractivity contribution in [1.82, 2.24) is 10.6 Å². The van der Waals surface area contributed by atoms with Crippen LogP contribution in [-0.4, -0.2) is 41.8 Å². The van der Waals surface area contributed by atoms with Crippen molar-refractivity contribution in [3.63, 3.8) is 0 Å². The van der Waals surface area contributed by atoms with Gasteiger partial charge in [0.2, 0.25) is 0 Å². The SMILES string of the molecule is CN=C(NCc1ccc(N(C)C)c(F)c1)NCc1cc(F)ccc1CS(C)(=O)=O. The molecule has 6 nitrogen and oxygen atoms in total. The van der Waals surface area contributed by atoms with E-state index < -0.39 is 15.7 Å². The second kappa shape index (κ2) is 9.69. The van der Waals surface area contributed by atoms with Crippen molar-refractivity contribution in [3.05, 3.63) is 64.7 Å². The van der Waals surface area contributed by atoms with Crippen molar-refractivity contribution in [1.29, 1.82) is 0 Å². The van der Waals surface area contributed by atoms with Crippen LogP contribution in [0.4, 0.5) is 14.5 Å². The first-order valence-corrected chi connectivity index (χ1v) is 11.0. The average Bonchev–Trinajstić information content (AvgIpc) is 2.62. The lowest BCUT2D eigenvalue weighted by molar-refractivity contribution is 0.599. The zero-order valence-corrected chi connectivity index (χ0v) is 17.8. The molecule has 29 heavy (non-hydrogen) atoms. The number of rotatable bonds is 7. The van der Waals surface area contributed by atoms with E-state index in [9.17, 15) is 17.2 Å². The molecule has 0 atom stereocenters. The summed E-state index contributed by atoms with van der Waals surface area (Å²) in [6.45, 7) is 0.528. The molecular weight excluding hydrogens is 398 g/mol. The van der Waals surface area contributed by atoms with E-state index in [-0.39, 0.29) is 18.1 Å². The first kappa shape index (κ1) is 22.6. The molecular formula is C20H26F2N4O2S. The summed E-state index contributed by atoms with van der Waals surface area (Å²) in [5.74, 6) is -0.508. The van der Waals surface area contributed by atoms with E-state index in [1.54, 1.807) is 32.1 Å². The summed E-state index contributed by atoms with van der Waals surface area (Å²) in [7, 11) is 1.87. The normalized spacial score (nSPS) is 12.0. The van der Waals surface area contributed by atoms with Gasteiger partial charge in [0.25, 0.3) is 0 Å². The summed E-state index contributed by atoms with van der Waals surface area (Å²) in [4.78, 5) is 5.79. The van der Waals surface area contributed by atoms with Crippen molar-refractivity contribution < 1.29 is 17.2 Å². The van der Waals surface area contributed by atoms with Gasteiger partial charge in [-0.05, 0) is 41.0 Å². The van der Waals surface area contributed by atoms with Crippen LogP contribution in [-0.2, 0) is 28.7 Å². The zero-order chi connectivity index (χ0) is 21.6. The molecule has 0 saturated carbocycles.